The van der Waals surface area contributed by atoms with Crippen molar-refractivity contribution in [2.75, 3.05) is 19.6 Å². The fourth-order valence-corrected chi connectivity index (χ4v) is 4.08. The number of hydrogen-bond acceptors (Lipinski definition) is 5. The van der Waals surface area contributed by atoms with Gasteiger partial charge in [-0.2, -0.15) is 0 Å². The molecule has 0 saturated carbocycles. The summed E-state index contributed by atoms with van der Waals surface area (Å²) in [4.78, 5) is 33.4. The number of hydrogen-bond donors (Lipinski definition) is 0. The average Bonchev–Trinajstić information content (AvgIpc) is 3.24. The summed E-state index contributed by atoms with van der Waals surface area (Å²) in [5.41, 5.74) is 0.194. The third kappa shape index (κ3) is 7.30. The van der Waals surface area contributed by atoms with Gasteiger partial charge in [-0.1, -0.05) is 0 Å². The third-order valence-electron chi connectivity index (χ3n) is 5.81. The van der Waals surface area contributed by atoms with Crippen LogP contribution in [-0.4, -0.2) is 58.1 Å². The molecule has 1 aliphatic heterocycles. The van der Waals surface area contributed by atoms with Crippen molar-refractivity contribution in [3.05, 3.63) is 42.2 Å². The summed E-state index contributed by atoms with van der Waals surface area (Å²) in [5, 5.41) is 0. The molecule has 2 amide bonds. The van der Waals surface area contributed by atoms with Crippen LogP contribution in [0.15, 0.2) is 34.9 Å². The fraction of sp³-hybridized carbons (Fsp3) is 0.577. The van der Waals surface area contributed by atoms with Crippen LogP contribution in [0.1, 0.15) is 59.8 Å². The first-order chi connectivity index (χ1) is 16.0. The van der Waals surface area contributed by atoms with Crippen molar-refractivity contribution in [1.82, 2.24) is 14.8 Å². The molecule has 1 fully saturated rings. The minimum Gasteiger partial charge on any atom is -0.444 e. The second-order valence-electron chi connectivity index (χ2n) is 10.2. The van der Waals surface area contributed by atoms with Gasteiger partial charge >= 0.3 is 6.09 Å². The van der Waals surface area contributed by atoms with Crippen molar-refractivity contribution < 1.29 is 23.1 Å². The van der Waals surface area contributed by atoms with E-state index in [-0.39, 0.29) is 29.8 Å². The highest BCUT2D eigenvalue weighted by Crippen LogP contribution is 2.23. The molecule has 0 aliphatic carbocycles. The Hall–Kier alpha value is -2.90. The summed E-state index contributed by atoms with van der Waals surface area (Å²) in [6, 6.07) is 6.03. The van der Waals surface area contributed by atoms with Gasteiger partial charge in [0, 0.05) is 44.1 Å². The number of amides is 2. The molecule has 0 radical (unpaired) electrons. The van der Waals surface area contributed by atoms with Crippen molar-refractivity contribution in [3.63, 3.8) is 0 Å². The van der Waals surface area contributed by atoms with Gasteiger partial charge in [-0.25, -0.2) is 14.2 Å². The molecule has 8 heteroatoms. The minimum atomic E-state index is -0.546. The molecule has 0 N–H and O–H groups in total. The van der Waals surface area contributed by atoms with Crippen LogP contribution >= 0.6 is 0 Å². The summed E-state index contributed by atoms with van der Waals surface area (Å²) in [6.07, 6.45) is 3.86. The smallest absolute Gasteiger partial charge is 0.410 e. The lowest BCUT2D eigenvalue weighted by molar-refractivity contribution is -0.133. The van der Waals surface area contributed by atoms with Gasteiger partial charge < -0.3 is 19.0 Å². The predicted octanol–water partition coefficient (Wildman–Crippen LogP) is 5.30. The van der Waals surface area contributed by atoms with E-state index in [1.807, 2.05) is 39.5 Å². The topological polar surface area (TPSA) is 75.9 Å². The van der Waals surface area contributed by atoms with E-state index in [1.54, 1.807) is 23.2 Å². The third-order valence-corrected chi connectivity index (χ3v) is 5.81. The van der Waals surface area contributed by atoms with Crippen molar-refractivity contribution in [2.45, 2.75) is 71.9 Å². The Morgan fingerprint density at radius 2 is 1.97 bits per heavy atom. The van der Waals surface area contributed by atoms with Crippen molar-refractivity contribution in [2.24, 2.45) is 5.92 Å². The molecule has 34 heavy (non-hydrogen) atoms. The average molecular weight is 474 g/mol. The van der Waals surface area contributed by atoms with E-state index in [0.717, 1.165) is 24.9 Å². The molecule has 1 atom stereocenters. The highest BCUT2D eigenvalue weighted by atomic mass is 19.1. The predicted molar refractivity (Wildman–Crippen MR) is 128 cm³/mol. The number of benzene rings is 1. The van der Waals surface area contributed by atoms with E-state index in [4.69, 9.17) is 9.15 Å². The van der Waals surface area contributed by atoms with Crippen LogP contribution in [0.5, 0.6) is 0 Å². The van der Waals surface area contributed by atoms with Crippen LogP contribution in [0.25, 0.3) is 11.3 Å². The zero-order valence-electron chi connectivity index (χ0n) is 20.8. The molecular weight excluding hydrogens is 437 g/mol. The molecule has 7 nitrogen and oxygen atoms in total. The number of ether oxygens (including phenoxy) is 1. The Bertz CT molecular complexity index is 965. The first kappa shape index (κ1) is 25.7. The first-order valence-corrected chi connectivity index (χ1v) is 12.0. The van der Waals surface area contributed by atoms with Crippen molar-refractivity contribution >= 4 is 12.0 Å². The summed E-state index contributed by atoms with van der Waals surface area (Å²) < 4.78 is 24.4. The minimum absolute atomic E-state index is 0.0151. The summed E-state index contributed by atoms with van der Waals surface area (Å²) >= 11 is 0. The van der Waals surface area contributed by atoms with E-state index in [0.29, 0.717) is 37.6 Å². The number of halogens is 1. The second kappa shape index (κ2) is 11.0. The number of rotatable bonds is 7. The Labute approximate surface area is 201 Å². The van der Waals surface area contributed by atoms with Crippen LogP contribution in [0.2, 0.25) is 0 Å². The summed E-state index contributed by atoms with van der Waals surface area (Å²) in [6.45, 7) is 11.4. The number of carbonyl (C=O) groups excluding carboxylic acids is 2. The lowest BCUT2D eigenvalue weighted by Crippen LogP contribution is -2.48. The second-order valence-corrected chi connectivity index (χ2v) is 10.2. The van der Waals surface area contributed by atoms with Gasteiger partial charge in [0.2, 0.25) is 5.91 Å². The number of oxazole rings is 1. The number of likely N-dealkylation sites (tertiary alicyclic amines) is 1. The molecule has 0 bridgehead atoms. The lowest BCUT2D eigenvalue weighted by atomic mass is 9.96. The van der Waals surface area contributed by atoms with Gasteiger partial charge in [0.1, 0.15) is 11.4 Å². The fourth-order valence-electron chi connectivity index (χ4n) is 4.08. The summed E-state index contributed by atoms with van der Waals surface area (Å²) in [5.74, 6) is 0.990. The van der Waals surface area contributed by atoms with Crippen LogP contribution in [0, 0.1) is 11.7 Å². The van der Waals surface area contributed by atoms with E-state index in [9.17, 15) is 14.0 Å². The Morgan fingerprint density at radius 3 is 2.62 bits per heavy atom. The number of piperidine rings is 1. The van der Waals surface area contributed by atoms with E-state index in [1.165, 1.54) is 12.1 Å². The standard InChI is InChI=1S/C26H36FN3O4/c1-18(2)30(25(32)34-26(3,4)5)17-19-7-6-14-29(16-19)24(31)13-12-23-28-15-22(33-23)20-8-10-21(27)11-9-20/h8-11,15,18-19H,6-7,12-14,16-17H2,1-5H3. The Balaban J connectivity index is 1.53. The number of carbonyl (C=O) groups is 2. The van der Waals surface area contributed by atoms with Crippen LogP contribution < -0.4 is 0 Å². The zero-order valence-corrected chi connectivity index (χ0v) is 20.8. The maximum absolute atomic E-state index is 13.1. The van der Waals surface area contributed by atoms with Gasteiger partial charge in [-0.15, -0.1) is 0 Å². The number of aromatic nitrogens is 1. The highest BCUT2D eigenvalue weighted by Gasteiger charge is 2.30. The molecule has 2 heterocycles. The van der Waals surface area contributed by atoms with Gasteiger partial charge in [0.05, 0.1) is 6.20 Å². The normalized spacial score (nSPS) is 16.6. The monoisotopic (exact) mass is 473 g/mol. The maximum atomic E-state index is 13.1. The van der Waals surface area contributed by atoms with Crippen molar-refractivity contribution in [3.8, 4) is 11.3 Å². The molecule has 3 rings (SSSR count). The molecule has 1 aliphatic rings. The molecular formula is C26H36FN3O4. The van der Waals surface area contributed by atoms with E-state index < -0.39 is 5.60 Å². The molecule has 0 spiro atoms. The van der Waals surface area contributed by atoms with Gasteiger partial charge in [-0.3, -0.25) is 4.79 Å². The van der Waals surface area contributed by atoms with Crippen LogP contribution in [-0.2, 0) is 16.0 Å². The summed E-state index contributed by atoms with van der Waals surface area (Å²) in [7, 11) is 0. The number of nitrogens with zero attached hydrogens (tertiary/aromatic N) is 3. The zero-order chi connectivity index (χ0) is 24.9. The quantitative estimate of drug-likeness (QED) is 0.546. The Morgan fingerprint density at radius 1 is 1.26 bits per heavy atom. The van der Waals surface area contributed by atoms with Gasteiger partial charge in [0.15, 0.2) is 11.7 Å². The molecule has 2 aromatic rings. The van der Waals surface area contributed by atoms with Crippen molar-refractivity contribution in [1.29, 1.82) is 0 Å². The molecule has 1 saturated heterocycles. The molecule has 186 valence electrons. The SMILES string of the molecule is CC(C)N(CC1CCCN(C(=O)CCc2ncc(-c3ccc(F)cc3)o2)C1)C(=O)OC(C)(C)C. The van der Waals surface area contributed by atoms with Gasteiger partial charge in [-0.05, 0) is 77.6 Å². The van der Waals surface area contributed by atoms with Crippen LogP contribution in [0.3, 0.4) is 0 Å². The molecule has 1 aromatic carbocycles. The highest BCUT2D eigenvalue weighted by molar-refractivity contribution is 5.76. The first-order valence-electron chi connectivity index (χ1n) is 12.0. The number of aryl methyl sites for hydroxylation is 1. The molecule has 1 unspecified atom stereocenters. The maximum Gasteiger partial charge on any atom is 0.410 e. The molecule has 1 aromatic heterocycles. The largest absolute Gasteiger partial charge is 0.444 e. The lowest BCUT2D eigenvalue weighted by Gasteiger charge is -2.37. The Kier molecular flexibility index (Phi) is 8.33. The van der Waals surface area contributed by atoms with Crippen LogP contribution in [0.4, 0.5) is 9.18 Å². The van der Waals surface area contributed by atoms with E-state index in [2.05, 4.69) is 4.98 Å². The van der Waals surface area contributed by atoms with E-state index >= 15 is 0 Å². The van der Waals surface area contributed by atoms with Gasteiger partial charge in [0.25, 0.3) is 0 Å².